The molecule has 0 radical (unpaired) electrons. The molecule has 0 aliphatic heterocycles. The molecule has 0 fully saturated rings. The van der Waals surface area contributed by atoms with Crippen molar-refractivity contribution in [1.29, 1.82) is 0 Å². The number of benzene rings is 3. The van der Waals surface area contributed by atoms with Gasteiger partial charge in [-0.2, -0.15) is 0 Å². The Morgan fingerprint density at radius 1 is 0.839 bits per heavy atom. The van der Waals surface area contributed by atoms with Gasteiger partial charge < -0.3 is 10.3 Å². The van der Waals surface area contributed by atoms with Crippen LogP contribution in [-0.2, 0) is 10.3 Å². The lowest BCUT2D eigenvalue weighted by Gasteiger charge is -2.36. The number of nitrogens with zero attached hydrogens (tertiary/aromatic N) is 4. The van der Waals surface area contributed by atoms with Crippen LogP contribution >= 0.6 is 0 Å². The second-order valence-electron chi connectivity index (χ2n) is 6.73. The predicted octanol–water partition coefficient (Wildman–Crippen LogP) is 3.08. The van der Waals surface area contributed by atoms with E-state index < -0.39 is 17.2 Å². The van der Waals surface area contributed by atoms with Crippen LogP contribution in [0.4, 0.5) is 0 Å². The Kier molecular flexibility index (Phi) is 5.44. The first-order valence-corrected chi connectivity index (χ1v) is 9.48. The molecule has 8 heteroatoms. The van der Waals surface area contributed by atoms with Gasteiger partial charge in [0.05, 0.1) is 6.20 Å². The maximum atomic E-state index is 11.3. The van der Waals surface area contributed by atoms with Gasteiger partial charge in [0.25, 0.3) is 0 Å². The van der Waals surface area contributed by atoms with E-state index in [0.29, 0.717) is 0 Å². The highest BCUT2D eigenvalue weighted by Crippen LogP contribution is 2.37. The average molecular weight is 413 g/mol. The van der Waals surface area contributed by atoms with Gasteiger partial charge in [-0.1, -0.05) is 101 Å². The standard InChI is InChI=1S/C23H19N5O3/c29-22(30)21(26-31)20-16-24-28(25-20)27-23(17-10-4-1-5-11-17,18-12-6-2-7-13-18)19-14-8-3-9-15-19/h1-16,27,31H,(H,29,30)/b26-21-. The summed E-state index contributed by atoms with van der Waals surface area (Å²) in [4.78, 5) is 12.5. The molecular formula is C23H19N5O3. The number of nitrogens with one attached hydrogen (secondary N) is 1. The van der Waals surface area contributed by atoms with Crippen LogP contribution in [0.25, 0.3) is 0 Å². The summed E-state index contributed by atoms with van der Waals surface area (Å²) in [7, 11) is 0. The van der Waals surface area contributed by atoms with Crippen molar-refractivity contribution in [3.05, 3.63) is 120 Å². The van der Waals surface area contributed by atoms with E-state index in [0.717, 1.165) is 16.7 Å². The molecule has 0 spiro atoms. The minimum atomic E-state index is -1.41. The third kappa shape index (κ3) is 3.74. The van der Waals surface area contributed by atoms with E-state index in [4.69, 9.17) is 5.21 Å². The van der Waals surface area contributed by atoms with E-state index in [9.17, 15) is 9.90 Å². The zero-order valence-corrected chi connectivity index (χ0v) is 16.3. The molecule has 0 bridgehead atoms. The van der Waals surface area contributed by atoms with Gasteiger partial charge in [-0.15, -0.1) is 10.2 Å². The number of carboxylic acids is 1. The van der Waals surface area contributed by atoms with Gasteiger partial charge in [-0.3, -0.25) is 5.43 Å². The molecule has 0 atom stereocenters. The smallest absolute Gasteiger partial charge is 0.360 e. The molecule has 0 saturated carbocycles. The summed E-state index contributed by atoms with van der Waals surface area (Å²) in [6.07, 6.45) is 1.22. The summed E-state index contributed by atoms with van der Waals surface area (Å²) in [5, 5.41) is 29.4. The first kappa shape index (κ1) is 19.8. The molecule has 8 nitrogen and oxygen atoms in total. The molecule has 154 valence electrons. The summed E-state index contributed by atoms with van der Waals surface area (Å²) >= 11 is 0. The summed E-state index contributed by atoms with van der Waals surface area (Å²) in [5.74, 6) is -1.41. The van der Waals surface area contributed by atoms with Crippen LogP contribution in [0.2, 0.25) is 0 Å². The normalized spacial score (nSPS) is 11.8. The van der Waals surface area contributed by atoms with Crippen molar-refractivity contribution in [2.24, 2.45) is 5.16 Å². The van der Waals surface area contributed by atoms with E-state index in [1.807, 2.05) is 91.0 Å². The van der Waals surface area contributed by atoms with E-state index in [1.165, 1.54) is 11.1 Å². The van der Waals surface area contributed by atoms with Crippen LogP contribution in [-0.4, -0.2) is 37.1 Å². The summed E-state index contributed by atoms with van der Waals surface area (Å²) in [5.41, 5.74) is 4.57. The number of carboxylic acid groups (broad SMARTS) is 1. The highest BCUT2D eigenvalue weighted by atomic mass is 16.4. The maximum absolute atomic E-state index is 11.3. The molecule has 1 heterocycles. The number of aromatic nitrogens is 3. The van der Waals surface area contributed by atoms with Crippen LogP contribution in [0, 0.1) is 0 Å². The van der Waals surface area contributed by atoms with E-state index in [1.54, 1.807) is 0 Å². The van der Waals surface area contributed by atoms with E-state index in [-0.39, 0.29) is 5.69 Å². The quantitative estimate of drug-likeness (QED) is 0.186. The highest BCUT2D eigenvalue weighted by Gasteiger charge is 2.37. The fourth-order valence-electron chi connectivity index (χ4n) is 3.54. The van der Waals surface area contributed by atoms with Crippen LogP contribution in [0.3, 0.4) is 0 Å². The third-order valence-electron chi connectivity index (χ3n) is 4.93. The Hall–Kier alpha value is -4.46. The van der Waals surface area contributed by atoms with Crippen LogP contribution in [0.1, 0.15) is 22.4 Å². The molecule has 3 aromatic carbocycles. The molecule has 0 saturated heterocycles. The lowest BCUT2D eigenvalue weighted by Crippen LogP contribution is -2.44. The van der Waals surface area contributed by atoms with Crippen LogP contribution < -0.4 is 5.43 Å². The molecule has 0 aliphatic rings. The Morgan fingerprint density at radius 3 is 1.68 bits per heavy atom. The van der Waals surface area contributed by atoms with Crippen LogP contribution in [0.15, 0.2) is 102 Å². The van der Waals surface area contributed by atoms with Gasteiger partial charge >= 0.3 is 5.97 Å². The lowest BCUT2D eigenvalue weighted by molar-refractivity contribution is -0.129. The molecule has 4 aromatic rings. The van der Waals surface area contributed by atoms with Gasteiger partial charge in [-0.25, -0.2) is 4.79 Å². The van der Waals surface area contributed by atoms with Gasteiger partial charge in [-0.05, 0) is 16.7 Å². The van der Waals surface area contributed by atoms with Crippen molar-refractivity contribution in [1.82, 2.24) is 15.1 Å². The molecule has 31 heavy (non-hydrogen) atoms. The largest absolute Gasteiger partial charge is 0.476 e. The Bertz CT molecular complexity index is 1090. The maximum Gasteiger partial charge on any atom is 0.360 e. The second-order valence-corrected chi connectivity index (χ2v) is 6.73. The fourth-order valence-corrected chi connectivity index (χ4v) is 3.54. The first-order chi connectivity index (χ1) is 15.1. The van der Waals surface area contributed by atoms with Crippen LogP contribution in [0.5, 0.6) is 0 Å². The van der Waals surface area contributed by atoms with Crippen molar-refractivity contribution in [2.75, 3.05) is 5.43 Å². The number of hydrogen-bond donors (Lipinski definition) is 3. The minimum absolute atomic E-state index is 0.0782. The Labute approximate surface area is 178 Å². The van der Waals surface area contributed by atoms with E-state index >= 15 is 0 Å². The minimum Gasteiger partial charge on any atom is -0.476 e. The first-order valence-electron chi connectivity index (χ1n) is 9.48. The van der Waals surface area contributed by atoms with Crippen molar-refractivity contribution in [3.8, 4) is 0 Å². The number of rotatable bonds is 7. The van der Waals surface area contributed by atoms with Crippen molar-refractivity contribution in [3.63, 3.8) is 0 Å². The Morgan fingerprint density at radius 2 is 1.29 bits per heavy atom. The molecule has 1 aromatic heterocycles. The third-order valence-corrected chi connectivity index (χ3v) is 4.93. The van der Waals surface area contributed by atoms with Crippen molar-refractivity contribution >= 4 is 11.7 Å². The average Bonchev–Trinajstić information content (AvgIpc) is 3.27. The number of hydrogen-bond acceptors (Lipinski definition) is 6. The molecule has 0 amide bonds. The van der Waals surface area contributed by atoms with Gasteiger partial charge in [0.15, 0.2) is 0 Å². The lowest BCUT2D eigenvalue weighted by atomic mass is 9.77. The summed E-state index contributed by atoms with van der Waals surface area (Å²) < 4.78 is 0. The topological polar surface area (TPSA) is 113 Å². The predicted molar refractivity (Wildman–Crippen MR) is 115 cm³/mol. The number of oxime groups is 1. The molecule has 3 N–H and O–H groups in total. The fraction of sp³-hybridized carbons (Fsp3) is 0.0435. The Balaban J connectivity index is 1.91. The SMILES string of the molecule is O=C(O)/C(=N\O)c1cnn(NC(c2ccccc2)(c2ccccc2)c2ccccc2)n1. The number of aliphatic carboxylic acids is 1. The highest BCUT2D eigenvalue weighted by molar-refractivity contribution is 6.41. The zero-order valence-electron chi connectivity index (χ0n) is 16.3. The summed E-state index contributed by atoms with van der Waals surface area (Å²) in [6, 6.07) is 29.4. The summed E-state index contributed by atoms with van der Waals surface area (Å²) in [6.45, 7) is 0. The molecule has 0 unspecified atom stereocenters. The van der Waals surface area contributed by atoms with E-state index in [2.05, 4.69) is 20.8 Å². The van der Waals surface area contributed by atoms with Gasteiger partial charge in [0.1, 0.15) is 11.2 Å². The van der Waals surface area contributed by atoms with Gasteiger partial charge in [0, 0.05) is 0 Å². The van der Waals surface area contributed by atoms with Gasteiger partial charge in [0.2, 0.25) is 5.71 Å². The van der Waals surface area contributed by atoms with Crippen molar-refractivity contribution in [2.45, 2.75) is 5.54 Å². The monoisotopic (exact) mass is 413 g/mol. The molecule has 0 aliphatic carbocycles. The molecular weight excluding hydrogens is 394 g/mol. The second kappa shape index (κ2) is 8.50. The molecule has 4 rings (SSSR count). The zero-order chi connectivity index (χ0) is 21.7. The van der Waals surface area contributed by atoms with Crippen molar-refractivity contribution < 1.29 is 15.1 Å². The number of carbonyl (C=O) groups is 1.